The SMILES string of the molecule is Cc1ccc(C(C)NC(=O)N2C[C@@H](O)C[C@H]2C(=O)O)o1. The van der Waals surface area contributed by atoms with Gasteiger partial charge in [0.1, 0.15) is 17.6 Å². The molecule has 7 nitrogen and oxygen atoms in total. The molecule has 3 N–H and O–H groups in total. The third-order valence-corrected chi connectivity index (χ3v) is 3.35. The van der Waals surface area contributed by atoms with Gasteiger partial charge in [0, 0.05) is 13.0 Å². The molecule has 110 valence electrons. The number of β-amino-alcohol motifs (C(OH)–C–C–N with tert-alkyl or cyclic N) is 1. The van der Waals surface area contributed by atoms with Crippen molar-refractivity contribution in [1.82, 2.24) is 10.2 Å². The summed E-state index contributed by atoms with van der Waals surface area (Å²) in [6, 6.07) is 1.67. The molecule has 1 saturated heterocycles. The number of aliphatic hydroxyl groups is 1. The van der Waals surface area contributed by atoms with Crippen molar-refractivity contribution in [3.63, 3.8) is 0 Å². The summed E-state index contributed by atoms with van der Waals surface area (Å²) >= 11 is 0. The predicted molar refractivity (Wildman–Crippen MR) is 69.1 cm³/mol. The van der Waals surface area contributed by atoms with Crippen LogP contribution in [0.1, 0.15) is 30.9 Å². The van der Waals surface area contributed by atoms with E-state index in [1.54, 1.807) is 26.0 Å². The number of carboxylic acids is 1. The van der Waals surface area contributed by atoms with Crippen molar-refractivity contribution in [2.45, 2.75) is 38.5 Å². The van der Waals surface area contributed by atoms with Gasteiger partial charge in [-0.05, 0) is 26.0 Å². The van der Waals surface area contributed by atoms with Crippen LogP contribution in [0.5, 0.6) is 0 Å². The number of hydrogen-bond donors (Lipinski definition) is 3. The van der Waals surface area contributed by atoms with E-state index >= 15 is 0 Å². The summed E-state index contributed by atoms with van der Waals surface area (Å²) in [7, 11) is 0. The first-order valence-electron chi connectivity index (χ1n) is 6.43. The molecule has 0 radical (unpaired) electrons. The molecule has 2 heterocycles. The minimum Gasteiger partial charge on any atom is -0.480 e. The second-order valence-electron chi connectivity index (χ2n) is 5.02. The van der Waals surface area contributed by atoms with Gasteiger partial charge in [0.15, 0.2) is 0 Å². The molecule has 1 unspecified atom stereocenters. The number of amides is 2. The summed E-state index contributed by atoms with van der Waals surface area (Å²) < 4.78 is 5.41. The van der Waals surface area contributed by atoms with E-state index in [0.29, 0.717) is 5.76 Å². The number of nitrogens with zero attached hydrogens (tertiary/aromatic N) is 1. The van der Waals surface area contributed by atoms with Crippen molar-refractivity contribution in [3.8, 4) is 0 Å². The Kier molecular flexibility index (Phi) is 3.99. The number of aryl methyl sites for hydroxylation is 1. The Balaban J connectivity index is 2.02. The summed E-state index contributed by atoms with van der Waals surface area (Å²) in [5.41, 5.74) is 0. The second-order valence-corrected chi connectivity index (χ2v) is 5.02. The van der Waals surface area contributed by atoms with Crippen LogP contribution in [0.15, 0.2) is 16.5 Å². The first kappa shape index (κ1) is 14.4. The number of carbonyl (C=O) groups excluding carboxylic acids is 1. The Bertz CT molecular complexity index is 513. The number of aliphatic carboxylic acids is 1. The van der Waals surface area contributed by atoms with Crippen molar-refractivity contribution < 1.29 is 24.2 Å². The molecule has 1 fully saturated rings. The van der Waals surface area contributed by atoms with Crippen molar-refractivity contribution in [1.29, 1.82) is 0 Å². The van der Waals surface area contributed by atoms with E-state index in [-0.39, 0.29) is 19.0 Å². The maximum Gasteiger partial charge on any atom is 0.326 e. The molecule has 2 amide bonds. The maximum atomic E-state index is 12.1. The Morgan fingerprint density at radius 1 is 1.50 bits per heavy atom. The Morgan fingerprint density at radius 2 is 2.20 bits per heavy atom. The van der Waals surface area contributed by atoms with Gasteiger partial charge in [0.2, 0.25) is 0 Å². The fourth-order valence-corrected chi connectivity index (χ4v) is 2.30. The molecule has 0 saturated carbocycles. The lowest BCUT2D eigenvalue weighted by molar-refractivity contribution is -0.141. The molecular weight excluding hydrogens is 264 g/mol. The fourth-order valence-electron chi connectivity index (χ4n) is 2.30. The van der Waals surface area contributed by atoms with Crippen molar-refractivity contribution in [2.24, 2.45) is 0 Å². The summed E-state index contributed by atoms with van der Waals surface area (Å²) in [6.07, 6.45) is -0.750. The number of carboxylic acid groups (broad SMARTS) is 1. The highest BCUT2D eigenvalue weighted by atomic mass is 16.4. The highest BCUT2D eigenvalue weighted by Gasteiger charge is 2.39. The third-order valence-electron chi connectivity index (χ3n) is 3.35. The van der Waals surface area contributed by atoms with Crippen LogP contribution in [0.25, 0.3) is 0 Å². The first-order chi connectivity index (χ1) is 9.38. The van der Waals surface area contributed by atoms with E-state index in [4.69, 9.17) is 9.52 Å². The van der Waals surface area contributed by atoms with Gasteiger partial charge >= 0.3 is 12.0 Å². The van der Waals surface area contributed by atoms with Gasteiger partial charge in [-0.1, -0.05) is 0 Å². The fraction of sp³-hybridized carbons (Fsp3) is 0.538. The number of rotatable bonds is 3. The van der Waals surface area contributed by atoms with Crippen LogP contribution < -0.4 is 5.32 Å². The van der Waals surface area contributed by atoms with Crippen LogP contribution >= 0.6 is 0 Å². The number of urea groups is 1. The van der Waals surface area contributed by atoms with Crippen LogP contribution in [0.3, 0.4) is 0 Å². The monoisotopic (exact) mass is 282 g/mol. The molecule has 0 aromatic carbocycles. The van der Waals surface area contributed by atoms with Crippen LogP contribution in [-0.4, -0.2) is 45.8 Å². The molecule has 7 heteroatoms. The van der Waals surface area contributed by atoms with Crippen LogP contribution in [0.4, 0.5) is 4.79 Å². The van der Waals surface area contributed by atoms with Crippen LogP contribution in [0.2, 0.25) is 0 Å². The minimum absolute atomic E-state index is 0.0205. The van der Waals surface area contributed by atoms with E-state index < -0.39 is 24.1 Å². The van der Waals surface area contributed by atoms with E-state index in [0.717, 1.165) is 10.7 Å². The molecule has 1 aromatic heterocycles. The van der Waals surface area contributed by atoms with E-state index in [9.17, 15) is 14.7 Å². The summed E-state index contributed by atoms with van der Waals surface area (Å²) in [4.78, 5) is 24.3. The maximum absolute atomic E-state index is 12.1. The van der Waals surface area contributed by atoms with E-state index in [1.807, 2.05) is 0 Å². The first-order valence-corrected chi connectivity index (χ1v) is 6.43. The average molecular weight is 282 g/mol. The number of aliphatic hydroxyl groups excluding tert-OH is 1. The molecule has 0 aliphatic carbocycles. The van der Waals surface area contributed by atoms with E-state index in [2.05, 4.69) is 5.32 Å². The number of furan rings is 1. The summed E-state index contributed by atoms with van der Waals surface area (Å²) in [5.74, 6) is 0.224. The highest BCUT2D eigenvalue weighted by molar-refractivity contribution is 5.83. The lowest BCUT2D eigenvalue weighted by Gasteiger charge is -2.23. The summed E-state index contributed by atoms with van der Waals surface area (Å²) in [5, 5.41) is 21.2. The van der Waals surface area contributed by atoms with Gasteiger partial charge in [-0.3, -0.25) is 0 Å². The standard InChI is InChI=1S/C13H18N2O5/c1-7-3-4-11(20-7)8(2)14-13(19)15-6-9(16)5-10(15)12(17)18/h3-4,8-10,16H,5-6H2,1-2H3,(H,14,19)(H,17,18)/t8?,9-,10-/m0/s1. The Labute approximate surface area is 116 Å². The van der Waals surface area contributed by atoms with Crippen molar-refractivity contribution >= 4 is 12.0 Å². The molecule has 0 bridgehead atoms. The van der Waals surface area contributed by atoms with Crippen LogP contribution in [-0.2, 0) is 4.79 Å². The lowest BCUT2D eigenvalue weighted by atomic mass is 10.2. The van der Waals surface area contributed by atoms with Gasteiger partial charge in [0.05, 0.1) is 12.1 Å². The number of likely N-dealkylation sites (tertiary alicyclic amines) is 1. The molecule has 0 spiro atoms. The van der Waals surface area contributed by atoms with E-state index in [1.165, 1.54) is 0 Å². The topological polar surface area (TPSA) is 103 Å². The molecule has 3 atom stereocenters. The van der Waals surface area contributed by atoms with Crippen molar-refractivity contribution in [3.05, 3.63) is 23.7 Å². The zero-order valence-corrected chi connectivity index (χ0v) is 11.4. The Hall–Kier alpha value is -2.02. The smallest absolute Gasteiger partial charge is 0.326 e. The van der Waals surface area contributed by atoms with Gasteiger partial charge in [-0.2, -0.15) is 0 Å². The zero-order chi connectivity index (χ0) is 14.9. The highest BCUT2D eigenvalue weighted by Crippen LogP contribution is 2.20. The van der Waals surface area contributed by atoms with Gasteiger partial charge in [-0.15, -0.1) is 0 Å². The molecule has 20 heavy (non-hydrogen) atoms. The lowest BCUT2D eigenvalue weighted by Crippen LogP contribution is -2.46. The normalized spacial score (nSPS) is 23.6. The zero-order valence-electron chi connectivity index (χ0n) is 11.4. The van der Waals surface area contributed by atoms with Gasteiger partial charge < -0.3 is 24.8 Å². The molecule has 1 aromatic rings. The molecular formula is C13H18N2O5. The van der Waals surface area contributed by atoms with Gasteiger partial charge in [0.25, 0.3) is 0 Å². The number of carbonyl (C=O) groups is 2. The number of nitrogens with one attached hydrogen (secondary N) is 1. The third kappa shape index (κ3) is 2.93. The summed E-state index contributed by atoms with van der Waals surface area (Å²) in [6.45, 7) is 3.57. The average Bonchev–Trinajstić information content (AvgIpc) is 2.95. The van der Waals surface area contributed by atoms with Crippen LogP contribution in [0, 0.1) is 6.92 Å². The van der Waals surface area contributed by atoms with Crippen molar-refractivity contribution in [2.75, 3.05) is 6.54 Å². The largest absolute Gasteiger partial charge is 0.480 e. The molecule has 1 aliphatic heterocycles. The predicted octanol–water partition coefficient (Wildman–Crippen LogP) is 0.878. The second kappa shape index (κ2) is 5.54. The quantitative estimate of drug-likeness (QED) is 0.763. The minimum atomic E-state index is -1.11. The molecule has 1 aliphatic rings. The number of hydrogen-bond acceptors (Lipinski definition) is 4. The molecule has 2 rings (SSSR count). The van der Waals surface area contributed by atoms with Gasteiger partial charge in [-0.25, -0.2) is 9.59 Å². The Morgan fingerprint density at radius 3 is 2.75 bits per heavy atom.